The Morgan fingerprint density at radius 1 is 1.11 bits per heavy atom. The van der Waals surface area contributed by atoms with Crippen LogP contribution in [0.2, 0.25) is 0 Å². The number of hydrogen-bond acceptors (Lipinski definition) is 6. The number of aliphatic hydroxyl groups excluding tert-OH is 2. The molecule has 0 spiro atoms. The van der Waals surface area contributed by atoms with Crippen LogP contribution in [0.15, 0.2) is 42.5 Å². The minimum absolute atomic E-state index is 0.417. The molecule has 0 unspecified atom stereocenters. The zero-order valence-electron chi connectivity index (χ0n) is 16.5. The highest BCUT2D eigenvalue weighted by Crippen LogP contribution is 2.27. The van der Waals surface area contributed by atoms with Gasteiger partial charge in [0.1, 0.15) is 29.8 Å². The van der Waals surface area contributed by atoms with Crippen LogP contribution in [0.25, 0.3) is 10.8 Å². The van der Waals surface area contributed by atoms with Crippen LogP contribution >= 0.6 is 0 Å². The molecule has 0 heterocycles. The largest absolute Gasteiger partial charge is 0.484 e. The van der Waals surface area contributed by atoms with Gasteiger partial charge in [0.15, 0.2) is 6.10 Å². The molecule has 0 bridgehead atoms. The molecule has 0 saturated heterocycles. The van der Waals surface area contributed by atoms with Gasteiger partial charge in [-0.3, -0.25) is 0 Å². The van der Waals surface area contributed by atoms with Crippen LogP contribution < -0.4 is 10.1 Å². The maximum Gasteiger partial charge on any atom is 0.408 e. The molecular weight excluding hydrogens is 362 g/mol. The predicted octanol–water partition coefficient (Wildman–Crippen LogP) is 2.42. The van der Waals surface area contributed by atoms with Crippen molar-refractivity contribution in [3.63, 3.8) is 0 Å². The van der Waals surface area contributed by atoms with Crippen molar-refractivity contribution in [2.45, 2.75) is 57.6 Å². The molecule has 0 aromatic heterocycles. The summed E-state index contributed by atoms with van der Waals surface area (Å²) in [5.41, 5.74) is -0.758. The summed E-state index contributed by atoms with van der Waals surface area (Å²) in [6.07, 6.45) is -4.22. The van der Waals surface area contributed by atoms with E-state index in [-0.39, 0.29) is 0 Å². The molecule has 152 valence electrons. The Morgan fingerprint density at radius 3 is 2.36 bits per heavy atom. The molecule has 0 aliphatic carbocycles. The second kappa shape index (κ2) is 9.03. The van der Waals surface area contributed by atoms with E-state index in [0.29, 0.717) is 12.0 Å². The summed E-state index contributed by atoms with van der Waals surface area (Å²) in [6, 6.07) is 11.6. The van der Waals surface area contributed by atoms with Gasteiger partial charge in [-0.2, -0.15) is 0 Å². The number of ether oxygens (including phenoxy) is 2. The summed E-state index contributed by atoms with van der Waals surface area (Å²) in [4.78, 5) is 23.8. The number of aldehydes is 1. The van der Waals surface area contributed by atoms with Crippen LogP contribution in [-0.2, 0) is 9.53 Å². The summed E-state index contributed by atoms with van der Waals surface area (Å²) in [5, 5.41) is 24.4. The zero-order valence-corrected chi connectivity index (χ0v) is 16.5. The standard InChI is InChI=1S/C21H27NO6/c1-13(24)18(25)19(16(12-23)22-20(26)28-21(2,3)4)27-17-11-7-9-14-8-5-6-10-15(14)17/h5-13,16,18-19,24-25H,1-4H3,(H,22,26)/t13-,16+,18+,19-/m1/s1. The Kier molecular flexibility index (Phi) is 6.99. The van der Waals surface area contributed by atoms with Crippen LogP contribution in [0.4, 0.5) is 4.79 Å². The number of fused-ring (bicyclic) bond motifs is 1. The minimum Gasteiger partial charge on any atom is -0.484 e. The van der Waals surface area contributed by atoms with Crippen molar-refractivity contribution in [3.05, 3.63) is 42.5 Å². The maximum absolute atomic E-state index is 12.1. The summed E-state index contributed by atoms with van der Waals surface area (Å²) < 4.78 is 11.1. The van der Waals surface area contributed by atoms with Crippen molar-refractivity contribution in [3.8, 4) is 5.75 Å². The monoisotopic (exact) mass is 389 g/mol. The van der Waals surface area contributed by atoms with E-state index in [0.717, 1.165) is 10.8 Å². The molecule has 0 radical (unpaired) electrons. The highest BCUT2D eigenvalue weighted by atomic mass is 16.6. The molecule has 3 N–H and O–H groups in total. The molecule has 2 rings (SSSR count). The van der Waals surface area contributed by atoms with Crippen molar-refractivity contribution in [2.75, 3.05) is 0 Å². The first-order chi connectivity index (χ1) is 13.1. The van der Waals surface area contributed by atoms with Crippen LogP contribution in [0, 0.1) is 0 Å². The summed E-state index contributed by atoms with van der Waals surface area (Å²) >= 11 is 0. The number of amides is 1. The Balaban J connectivity index is 2.32. The average Bonchev–Trinajstić information content (AvgIpc) is 2.62. The zero-order chi connectivity index (χ0) is 20.9. The number of rotatable bonds is 7. The van der Waals surface area contributed by atoms with Gasteiger partial charge in [0.2, 0.25) is 0 Å². The molecule has 0 saturated carbocycles. The molecule has 2 aromatic carbocycles. The summed E-state index contributed by atoms with van der Waals surface area (Å²) in [7, 11) is 0. The van der Waals surface area contributed by atoms with Crippen molar-refractivity contribution in [1.29, 1.82) is 0 Å². The summed E-state index contributed by atoms with van der Waals surface area (Å²) in [5.74, 6) is 0.417. The van der Waals surface area contributed by atoms with Crippen LogP contribution in [0.1, 0.15) is 27.7 Å². The number of benzene rings is 2. The Labute approximate surface area is 164 Å². The van der Waals surface area contributed by atoms with E-state index in [1.807, 2.05) is 30.3 Å². The number of aliphatic hydroxyl groups is 2. The SMILES string of the molecule is C[C@@H](O)[C@H](O)[C@H](Oc1cccc2ccccc12)[C@H](C=O)NC(=O)OC(C)(C)C. The van der Waals surface area contributed by atoms with Gasteiger partial charge in [-0.15, -0.1) is 0 Å². The second-order valence-corrected chi connectivity index (χ2v) is 7.60. The molecule has 0 aliphatic rings. The summed E-state index contributed by atoms with van der Waals surface area (Å²) in [6.45, 7) is 6.45. The van der Waals surface area contributed by atoms with Gasteiger partial charge >= 0.3 is 6.09 Å². The van der Waals surface area contributed by atoms with Crippen LogP contribution in [0.5, 0.6) is 5.75 Å². The van der Waals surface area contributed by atoms with E-state index in [1.165, 1.54) is 6.92 Å². The number of hydrogen-bond donors (Lipinski definition) is 3. The van der Waals surface area contributed by atoms with E-state index < -0.39 is 36.0 Å². The Morgan fingerprint density at radius 2 is 1.75 bits per heavy atom. The third kappa shape index (κ3) is 5.68. The lowest BCUT2D eigenvalue weighted by Crippen LogP contribution is -2.55. The van der Waals surface area contributed by atoms with Gasteiger partial charge in [0.05, 0.1) is 6.10 Å². The highest BCUT2D eigenvalue weighted by Gasteiger charge is 2.35. The van der Waals surface area contributed by atoms with E-state index in [1.54, 1.807) is 32.9 Å². The van der Waals surface area contributed by atoms with E-state index in [4.69, 9.17) is 9.47 Å². The highest BCUT2D eigenvalue weighted by molar-refractivity contribution is 5.88. The molecular formula is C21H27NO6. The third-order valence-electron chi connectivity index (χ3n) is 4.03. The molecule has 2 aromatic rings. The molecule has 0 aliphatic heterocycles. The van der Waals surface area contributed by atoms with E-state index in [2.05, 4.69) is 5.32 Å². The smallest absolute Gasteiger partial charge is 0.408 e. The van der Waals surface area contributed by atoms with Crippen molar-refractivity contribution in [2.24, 2.45) is 0 Å². The first-order valence-electron chi connectivity index (χ1n) is 9.08. The van der Waals surface area contributed by atoms with Crippen molar-refractivity contribution >= 4 is 23.2 Å². The second-order valence-electron chi connectivity index (χ2n) is 7.60. The van der Waals surface area contributed by atoms with Crippen molar-refractivity contribution in [1.82, 2.24) is 5.32 Å². The average molecular weight is 389 g/mol. The van der Waals surface area contributed by atoms with Crippen molar-refractivity contribution < 1.29 is 29.3 Å². The lowest BCUT2D eigenvalue weighted by atomic mass is 10.0. The minimum atomic E-state index is -1.43. The maximum atomic E-state index is 12.1. The number of alkyl carbamates (subject to hydrolysis) is 1. The van der Waals surface area contributed by atoms with Gasteiger partial charge < -0.3 is 29.8 Å². The predicted molar refractivity (Wildman–Crippen MR) is 105 cm³/mol. The first-order valence-corrected chi connectivity index (χ1v) is 9.08. The van der Waals surface area contributed by atoms with E-state index in [9.17, 15) is 19.8 Å². The van der Waals surface area contributed by atoms with Crippen LogP contribution in [-0.4, -0.2) is 52.5 Å². The third-order valence-corrected chi connectivity index (χ3v) is 4.03. The lowest BCUT2D eigenvalue weighted by Gasteiger charge is -2.31. The molecule has 7 heteroatoms. The fourth-order valence-electron chi connectivity index (χ4n) is 2.71. The Bertz CT molecular complexity index is 809. The first kappa shape index (κ1) is 21.7. The Hall–Kier alpha value is -2.64. The number of carbonyl (C=O) groups excluding carboxylic acids is 2. The number of carbonyl (C=O) groups is 2. The lowest BCUT2D eigenvalue weighted by molar-refractivity contribution is -0.116. The fraction of sp³-hybridized carbons (Fsp3) is 0.429. The van der Waals surface area contributed by atoms with E-state index >= 15 is 0 Å². The molecule has 4 atom stereocenters. The molecule has 1 amide bonds. The fourth-order valence-corrected chi connectivity index (χ4v) is 2.71. The van der Waals surface area contributed by atoms with Gasteiger partial charge in [-0.1, -0.05) is 36.4 Å². The molecule has 7 nitrogen and oxygen atoms in total. The van der Waals surface area contributed by atoms with Gasteiger partial charge in [0.25, 0.3) is 0 Å². The normalized spacial score (nSPS) is 15.9. The molecule has 0 fully saturated rings. The quantitative estimate of drug-likeness (QED) is 0.628. The van der Waals surface area contributed by atoms with Gasteiger partial charge in [-0.25, -0.2) is 4.79 Å². The molecule has 28 heavy (non-hydrogen) atoms. The topological polar surface area (TPSA) is 105 Å². The van der Waals surface area contributed by atoms with Gasteiger partial charge in [-0.05, 0) is 39.1 Å². The van der Waals surface area contributed by atoms with Crippen LogP contribution in [0.3, 0.4) is 0 Å². The van der Waals surface area contributed by atoms with Gasteiger partial charge in [0, 0.05) is 5.39 Å². The number of nitrogens with one attached hydrogen (secondary N) is 1.